The molecule has 0 aromatic heterocycles. The van der Waals surface area contributed by atoms with Crippen LogP contribution in [0.2, 0.25) is 0 Å². The van der Waals surface area contributed by atoms with E-state index < -0.39 is 36.8 Å². The van der Waals surface area contributed by atoms with Crippen LogP contribution in [0.4, 0.5) is 0 Å². The second-order valence-corrected chi connectivity index (χ2v) is 6.34. The lowest BCUT2D eigenvalue weighted by molar-refractivity contribution is -0.303. The molecule has 2 unspecified atom stereocenters. The topological polar surface area (TPSA) is 96.2 Å². The van der Waals surface area contributed by atoms with Crippen LogP contribution in [0.25, 0.3) is 0 Å². The molecule has 3 N–H and O–H groups in total. The molecule has 1 radical (unpaired) electrons. The molecule has 0 aliphatic carbocycles. The molecule has 0 spiro atoms. The quantitative estimate of drug-likeness (QED) is 0.496. The van der Waals surface area contributed by atoms with Crippen molar-refractivity contribution in [3.8, 4) is 0 Å². The van der Waals surface area contributed by atoms with Gasteiger partial charge in [-0.3, -0.25) is 4.79 Å². The molecule has 1 aliphatic rings. The SMILES string of the molecule is CCCCCCCCC(C[C]=O)OC1O[C@H](C)[C@@H](O)[C@H](O)[C@@H]1O. The highest BCUT2D eigenvalue weighted by molar-refractivity contribution is 5.51. The first-order valence-corrected chi connectivity index (χ1v) is 8.71. The van der Waals surface area contributed by atoms with Gasteiger partial charge >= 0.3 is 0 Å². The van der Waals surface area contributed by atoms with Crippen LogP contribution in [0.3, 0.4) is 0 Å². The Hall–Kier alpha value is -0.530. The lowest BCUT2D eigenvalue weighted by Crippen LogP contribution is -2.57. The summed E-state index contributed by atoms with van der Waals surface area (Å²) in [4.78, 5) is 10.7. The van der Waals surface area contributed by atoms with E-state index in [9.17, 15) is 20.1 Å². The van der Waals surface area contributed by atoms with E-state index in [1.165, 1.54) is 19.3 Å². The van der Waals surface area contributed by atoms with Gasteiger partial charge in [0.1, 0.15) is 18.3 Å². The second kappa shape index (κ2) is 11.1. The van der Waals surface area contributed by atoms with Gasteiger partial charge in [0.2, 0.25) is 6.29 Å². The van der Waals surface area contributed by atoms with Crippen LogP contribution in [0.5, 0.6) is 0 Å². The van der Waals surface area contributed by atoms with Crippen molar-refractivity contribution in [1.82, 2.24) is 0 Å². The summed E-state index contributed by atoms with van der Waals surface area (Å²) in [6.45, 7) is 3.77. The molecule has 0 aromatic rings. The zero-order valence-electron chi connectivity index (χ0n) is 14.2. The minimum absolute atomic E-state index is 0.106. The van der Waals surface area contributed by atoms with Crippen molar-refractivity contribution in [2.24, 2.45) is 0 Å². The monoisotopic (exact) mass is 331 g/mol. The number of carbonyl (C=O) groups excluding carboxylic acids is 1. The van der Waals surface area contributed by atoms with Crippen LogP contribution in [-0.4, -0.2) is 58.4 Å². The number of ether oxygens (including phenoxy) is 2. The summed E-state index contributed by atoms with van der Waals surface area (Å²) in [6.07, 6.45) is 3.56. The van der Waals surface area contributed by atoms with E-state index in [4.69, 9.17) is 9.47 Å². The van der Waals surface area contributed by atoms with Gasteiger partial charge in [-0.25, -0.2) is 0 Å². The van der Waals surface area contributed by atoms with Crippen molar-refractivity contribution in [1.29, 1.82) is 0 Å². The first kappa shape index (κ1) is 20.5. The predicted molar refractivity (Wildman–Crippen MR) is 85.5 cm³/mol. The number of aliphatic hydroxyl groups is 3. The van der Waals surface area contributed by atoms with Crippen molar-refractivity contribution in [2.45, 2.75) is 102 Å². The maximum Gasteiger partial charge on any atom is 0.201 e. The molecule has 23 heavy (non-hydrogen) atoms. The third kappa shape index (κ3) is 6.85. The maximum absolute atomic E-state index is 10.7. The fourth-order valence-corrected chi connectivity index (χ4v) is 2.78. The molecular formula is C17H31O6. The van der Waals surface area contributed by atoms with Gasteiger partial charge in [-0.15, -0.1) is 0 Å². The van der Waals surface area contributed by atoms with Gasteiger partial charge in [0.15, 0.2) is 6.29 Å². The average molecular weight is 331 g/mol. The molecule has 6 nitrogen and oxygen atoms in total. The summed E-state index contributed by atoms with van der Waals surface area (Å²) in [7, 11) is 0. The van der Waals surface area contributed by atoms with Gasteiger partial charge in [0.25, 0.3) is 0 Å². The Morgan fingerprint density at radius 1 is 1.04 bits per heavy atom. The molecule has 6 atom stereocenters. The van der Waals surface area contributed by atoms with Crippen LogP contribution in [-0.2, 0) is 14.3 Å². The largest absolute Gasteiger partial charge is 0.388 e. The fourth-order valence-electron chi connectivity index (χ4n) is 2.78. The third-order valence-electron chi connectivity index (χ3n) is 4.33. The molecule has 1 heterocycles. The molecule has 1 fully saturated rings. The number of aliphatic hydroxyl groups excluding tert-OH is 3. The van der Waals surface area contributed by atoms with E-state index in [0.29, 0.717) is 6.42 Å². The van der Waals surface area contributed by atoms with Crippen LogP contribution >= 0.6 is 0 Å². The van der Waals surface area contributed by atoms with Gasteiger partial charge in [-0.1, -0.05) is 45.4 Å². The number of hydrogen-bond donors (Lipinski definition) is 3. The molecule has 0 bridgehead atoms. The highest BCUT2D eigenvalue weighted by atomic mass is 16.7. The van der Waals surface area contributed by atoms with Gasteiger partial charge in [-0.2, -0.15) is 0 Å². The zero-order chi connectivity index (χ0) is 17.2. The lowest BCUT2D eigenvalue weighted by Gasteiger charge is -2.40. The molecule has 1 saturated heterocycles. The Morgan fingerprint density at radius 2 is 1.70 bits per heavy atom. The summed E-state index contributed by atoms with van der Waals surface area (Å²) in [5.74, 6) is 0. The Balaban J connectivity index is 2.40. The first-order chi connectivity index (χ1) is 11.0. The number of hydrogen-bond acceptors (Lipinski definition) is 6. The van der Waals surface area contributed by atoms with Crippen molar-refractivity contribution in [3.05, 3.63) is 0 Å². The van der Waals surface area contributed by atoms with E-state index in [1.54, 1.807) is 6.92 Å². The van der Waals surface area contributed by atoms with Crippen LogP contribution in [0, 0.1) is 0 Å². The number of rotatable bonds is 11. The molecule has 135 valence electrons. The fraction of sp³-hybridized carbons (Fsp3) is 0.941. The first-order valence-electron chi connectivity index (χ1n) is 8.71. The molecule has 1 rings (SSSR count). The van der Waals surface area contributed by atoms with Gasteiger partial charge in [-0.05, 0) is 13.3 Å². The predicted octanol–water partition coefficient (Wildman–Crippen LogP) is 1.45. The highest BCUT2D eigenvalue weighted by Crippen LogP contribution is 2.24. The van der Waals surface area contributed by atoms with Crippen LogP contribution < -0.4 is 0 Å². The maximum atomic E-state index is 10.7. The lowest BCUT2D eigenvalue weighted by atomic mass is 9.99. The normalized spacial score (nSPS) is 32.7. The summed E-state index contributed by atoms with van der Waals surface area (Å²) < 4.78 is 11.1. The van der Waals surface area contributed by atoms with Crippen LogP contribution in [0.1, 0.15) is 65.2 Å². The zero-order valence-corrected chi connectivity index (χ0v) is 14.2. The Bertz CT molecular complexity index is 324. The van der Waals surface area contributed by atoms with E-state index in [2.05, 4.69) is 6.92 Å². The molecule has 0 amide bonds. The Labute approximate surface area is 138 Å². The highest BCUT2D eigenvalue weighted by Gasteiger charge is 2.43. The van der Waals surface area contributed by atoms with Crippen molar-refractivity contribution >= 4 is 6.29 Å². The van der Waals surface area contributed by atoms with Crippen molar-refractivity contribution in [2.75, 3.05) is 0 Å². The van der Waals surface area contributed by atoms with E-state index in [1.807, 2.05) is 6.29 Å². The van der Waals surface area contributed by atoms with E-state index in [-0.39, 0.29) is 6.42 Å². The number of unbranched alkanes of at least 4 members (excludes halogenated alkanes) is 5. The van der Waals surface area contributed by atoms with E-state index in [0.717, 1.165) is 19.3 Å². The van der Waals surface area contributed by atoms with E-state index >= 15 is 0 Å². The second-order valence-electron chi connectivity index (χ2n) is 6.34. The minimum atomic E-state index is -1.33. The smallest absolute Gasteiger partial charge is 0.201 e. The average Bonchev–Trinajstić information content (AvgIpc) is 2.53. The standard InChI is InChI=1S/C17H31O6/c1-3-4-5-6-7-8-9-13(10-11-18)23-17-16(21)15(20)14(19)12(2)22-17/h12-17,19-21H,3-10H2,1-2H3/t12-,13?,14-,15+,16+,17?/m1/s1. The summed E-state index contributed by atoms with van der Waals surface area (Å²) in [5, 5.41) is 29.4. The molecule has 1 aliphatic heterocycles. The molecule has 6 heteroatoms. The summed E-state index contributed by atoms with van der Waals surface area (Å²) in [5.41, 5.74) is 0. The van der Waals surface area contributed by atoms with Gasteiger partial charge in [0, 0.05) is 6.42 Å². The molecular weight excluding hydrogens is 300 g/mol. The minimum Gasteiger partial charge on any atom is -0.388 e. The molecule has 0 aromatic carbocycles. The van der Waals surface area contributed by atoms with Crippen molar-refractivity contribution < 1.29 is 29.6 Å². The van der Waals surface area contributed by atoms with Gasteiger partial charge < -0.3 is 24.8 Å². The summed E-state index contributed by atoms with van der Waals surface area (Å²) >= 11 is 0. The van der Waals surface area contributed by atoms with Crippen molar-refractivity contribution in [3.63, 3.8) is 0 Å². The molecule has 0 saturated carbocycles. The Morgan fingerprint density at radius 3 is 2.35 bits per heavy atom. The third-order valence-corrected chi connectivity index (χ3v) is 4.33. The summed E-state index contributed by atoms with van der Waals surface area (Å²) in [6, 6.07) is 0. The van der Waals surface area contributed by atoms with Gasteiger partial charge in [0.05, 0.1) is 12.2 Å². The van der Waals surface area contributed by atoms with Crippen LogP contribution in [0.15, 0.2) is 0 Å². The Kier molecular flexibility index (Phi) is 9.90.